The molecule has 3 rings (SSSR count). The first-order chi connectivity index (χ1) is 13.0. The van der Waals surface area contributed by atoms with E-state index in [4.69, 9.17) is 10.00 Å². The van der Waals surface area contributed by atoms with Crippen molar-refractivity contribution in [3.8, 4) is 6.07 Å². The summed E-state index contributed by atoms with van der Waals surface area (Å²) in [6.45, 7) is 1.45. The summed E-state index contributed by atoms with van der Waals surface area (Å²) in [5, 5.41) is 16.4. The van der Waals surface area contributed by atoms with Gasteiger partial charge in [-0.25, -0.2) is 4.79 Å². The van der Waals surface area contributed by atoms with Crippen LogP contribution in [0.1, 0.15) is 29.3 Å². The molecule has 1 atom stereocenters. The van der Waals surface area contributed by atoms with E-state index in [0.29, 0.717) is 28.4 Å². The number of thioether (sulfide) groups is 1. The predicted octanol–water partition coefficient (Wildman–Crippen LogP) is 3.24. The fraction of sp³-hybridized carbons (Fsp3) is 0.222. The van der Waals surface area contributed by atoms with Gasteiger partial charge in [0.1, 0.15) is 11.1 Å². The van der Waals surface area contributed by atoms with E-state index in [9.17, 15) is 14.4 Å². The minimum atomic E-state index is -1.05. The van der Waals surface area contributed by atoms with E-state index in [2.05, 4.69) is 10.6 Å². The second kappa shape index (κ2) is 8.24. The molecule has 7 nitrogen and oxygen atoms in total. The molecule has 2 heterocycles. The molecule has 2 N–H and O–H groups in total. The van der Waals surface area contributed by atoms with Crippen molar-refractivity contribution >= 4 is 51.6 Å². The quantitative estimate of drug-likeness (QED) is 0.762. The Morgan fingerprint density at radius 3 is 2.96 bits per heavy atom. The Bertz CT molecular complexity index is 948. The molecule has 0 saturated heterocycles. The third-order valence-electron chi connectivity index (χ3n) is 3.75. The zero-order valence-electron chi connectivity index (χ0n) is 14.3. The van der Waals surface area contributed by atoms with Crippen LogP contribution in [0, 0.1) is 11.3 Å². The zero-order chi connectivity index (χ0) is 19.4. The fourth-order valence-corrected chi connectivity index (χ4v) is 4.01. The van der Waals surface area contributed by atoms with Gasteiger partial charge < -0.3 is 15.4 Å². The number of nitrogens with one attached hydrogen (secondary N) is 2. The summed E-state index contributed by atoms with van der Waals surface area (Å²) >= 11 is 2.75. The highest BCUT2D eigenvalue weighted by Crippen LogP contribution is 2.31. The van der Waals surface area contributed by atoms with Crippen LogP contribution in [-0.4, -0.2) is 29.6 Å². The summed E-state index contributed by atoms with van der Waals surface area (Å²) in [5.74, 6) is -0.631. The maximum atomic E-state index is 12.4. The molecule has 1 aliphatic heterocycles. The van der Waals surface area contributed by atoms with Gasteiger partial charge in [0.2, 0.25) is 5.91 Å². The van der Waals surface area contributed by atoms with Crippen LogP contribution >= 0.6 is 23.1 Å². The highest BCUT2D eigenvalue weighted by molar-refractivity contribution is 7.99. The number of hydrogen-bond acceptors (Lipinski definition) is 7. The second-order valence-corrected chi connectivity index (χ2v) is 7.72. The number of fused-ring (bicyclic) bond motifs is 1. The SMILES string of the molecule is C[C@@H](OC(=O)c1ccc2c(c1)NC(=O)CCS2)C(=O)Nc1sccc1C#N. The number of nitriles is 1. The van der Waals surface area contributed by atoms with Crippen LogP contribution in [0.4, 0.5) is 10.7 Å². The maximum Gasteiger partial charge on any atom is 0.338 e. The number of thiophene rings is 1. The molecule has 0 bridgehead atoms. The average molecular weight is 401 g/mol. The lowest BCUT2D eigenvalue weighted by molar-refractivity contribution is -0.123. The number of rotatable bonds is 4. The monoisotopic (exact) mass is 401 g/mol. The highest BCUT2D eigenvalue weighted by Gasteiger charge is 2.22. The van der Waals surface area contributed by atoms with Crippen molar-refractivity contribution in [3.63, 3.8) is 0 Å². The number of amides is 2. The standard InChI is InChI=1S/C18H15N3O4S2/c1-10(16(23)21-17-12(9-19)4-6-27-17)25-18(24)11-2-3-14-13(8-11)20-15(22)5-7-26-14/h2-4,6,8,10H,5,7H2,1H3,(H,20,22)(H,21,23)/t10-/m1/s1. The number of nitrogens with zero attached hydrogens (tertiary/aromatic N) is 1. The van der Waals surface area contributed by atoms with Crippen molar-refractivity contribution in [3.05, 3.63) is 40.8 Å². The van der Waals surface area contributed by atoms with Crippen LogP contribution in [0.25, 0.3) is 0 Å². The summed E-state index contributed by atoms with van der Waals surface area (Å²) in [7, 11) is 0. The Morgan fingerprint density at radius 2 is 2.19 bits per heavy atom. The Hall–Kier alpha value is -2.83. The molecule has 27 heavy (non-hydrogen) atoms. The maximum absolute atomic E-state index is 12.4. The molecule has 0 unspecified atom stereocenters. The molecule has 1 aliphatic rings. The number of anilines is 2. The number of benzene rings is 1. The van der Waals surface area contributed by atoms with E-state index in [1.54, 1.807) is 29.6 Å². The summed E-state index contributed by atoms with van der Waals surface area (Å²) in [5.41, 5.74) is 1.15. The van der Waals surface area contributed by atoms with Gasteiger partial charge in [0.15, 0.2) is 6.10 Å². The average Bonchev–Trinajstić information content (AvgIpc) is 3.00. The summed E-state index contributed by atoms with van der Waals surface area (Å²) in [6.07, 6.45) is -0.641. The Balaban J connectivity index is 1.67. The molecule has 0 saturated carbocycles. The Labute approximate surface area is 163 Å². The lowest BCUT2D eigenvalue weighted by atomic mass is 10.2. The van der Waals surface area contributed by atoms with Gasteiger partial charge in [0.05, 0.1) is 16.8 Å². The number of carbonyl (C=O) groups excluding carboxylic acids is 3. The van der Waals surface area contributed by atoms with E-state index in [0.717, 1.165) is 4.90 Å². The van der Waals surface area contributed by atoms with E-state index in [1.165, 1.54) is 30.0 Å². The lowest BCUT2D eigenvalue weighted by Crippen LogP contribution is -2.30. The first-order valence-corrected chi connectivity index (χ1v) is 9.90. The Kier molecular flexibility index (Phi) is 5.78. The van der Waals surface area contributed by atoms with Crippen molar-refractivity contribution in [2.24, 2.45) is 0 Å². The van der Waals surface area contributed by atoms with Crippen molar-refractivity contribution in [2.45, 2.75) is 24.3 Å². The van der Waals surface area contributed by atoms with E-state index < -0.39 is 18.0 Å². The van der Waals surface area contributed by atoms with E-state index in [1.807, 2.05) is 6.07 Å². The molecular formula is C18H15N3O4S2. The first kappa shape index (κ1) is 18.9. The van der Waals surface area contributed by atoms with Crippen molar-refractivity contribution < 1.29 is 19.1 Å². The second-order valence-electron chi connectivity index (χ2n) is 5.67. The van der Waals surface area contributed by atoms with Gasteiger partial charge in [0, 0.05) is 17.1 Å². The minimum absolute atomic E-state index is 0.108. The van der Waals surface area contributed by atoms with Gasteiger partial charge in [-0.05, 0) is 36.6 Å². The fourth-order valence-electron chi connectivity index (χ4n) is 2.34. The molecule has 2 amide bonds. The summed E-state index contributed by atoms with van der Waals surface area (Å²) in [4.78, 5) is 37.1. The molecule has 1 aromatic carbocycles. The third kappa shape index (κ3) is 4.48. The third-order valence-corrected chi connectivity index (χ3v) is 5.66. The van der Waals surface area contributed by atoms with Crippen LogP contribution in [-0.2, 0) is 14.3 Å². The first-order valence-electron chi connectivity index (χ1n) is 8.04. The van der Waals surface area contributed by atoms with Crippen LogP contribution in [0.5, 0.6) is 0 Å². The van der Waals surface area contributed by atoms with Crippen LogP contribution < -0.4 is 10.6 Å². The molecule has 1 aromatic heterocycles. The van der Waals surface area contributed by atoms with Crippen molar-refractivity contribution in [1.29, 1.82) is 5.26 Å². The largest absolute Gasteiger partial charge is 0.449 e. The number of esters is 1. The summed E-state index contributed by atoms with van der Waals surface area (Å²) in [6, 6.07) is 8.47. The topological polar surface area (TPSA) is 108 Å². The van der Waals surface area contributed by atoms with Crippen LogP contribution in [0.3, 0.4) is 0 Å². The number of hydrogen-bond donors (Lipinski definition) is 2. The van der Waals surface area contributed by atoms with E-state index in [-0.39, 0.29) is 11.5 Å². The van der Waals surface area contributed by atoms with E-state index >= 15 is 0 Å². The molecule has 0 spiro atoms. The van der Waals surface area contributed by atoms with Gasteiger partial charge in [-0.15, -0.1) is 23.1 Å². The van der Waals surface area contributed by atoms with Gasteiger partial charge >= 0.3 is 5.97 Å². The Morgan fingerprint density at radius 1 is 1.37 bits per heavy atom. The normalized spacial score (nSPS) is 14.1. The lowest BCUT2D eigenvalue weighted by Gasteiger charge is -2.14. The van der Waals surface area contributed by atoms with Crippen LogP contribution in [0.2, 0.25) is 0 Å². The van der Waals surface area contributed by atoms with Crippen molar-refractivity contribution in [1.82, 2.24) is 0 Å². The smallest absolute Gasteiger partial charge is 0.338 e. The van der Waals surface area contributed by atoms with Crippen LogP contribution in [0.15, 0.2) is 34.5 Å². The molecule has 2 aromatic rings. The number of ether oxygens (including phenoxy) is 1. The molecule has 0 aliphatic carbocycles. The molecule has 9 heteroatoms. The van der Waals surface area contributed by atoms with Gasteiger partial charge in [-0.1, -0.05) is 0 Å². The molecule has 0 fully saturated rings. The minimum Gasteiger partial charge on any atom is -0.449 e. The molecule has 0 radical (unpaired) electrons. The molecule has 138 valence electrons. The van der Waals surface area contributed by atoms with Gasteiger partial charge in [-0.3, -0.25) is 9.59 Å². The highest BCUT2D eigenvalue weighted by atomic mass is 32.2. The van der Waals surface area contributed by atoms with Gasteiger partial charge in [0.25, 0.3) is 5.91 Å². The van der Waals surface area contributed by atoms with Crippen molar-refractivity contribution in [2.75, 3.05) is 16.4 Å². The molecular weight excluding hydrogens is 386 g/mol. The number of carbonyl (C=O) groups is 3. The predicted molar refractivity (Wildman–Crippen MR) is 103 cm³/mol. The zero-order valence-corrected chi connectivity index (χ0v) is 15.9. The van der Waals surface area contributed by atoms with Gasteiger partial charge in [-0.2, -0.15) is 5.26 Å². The summed E-state index contributed by atoms with van der Waals surface area (Å²) < 4.78 is 5.22.